The minimum atomic E-state index is -4.94. The maximum Gasteiger partial charge on any atom is 0.454 e. The Kier molecular flexibility index (Phi) is 2.26. The van der Waals surface area contributed by atoms with Crippen molar-refractivity contribution in [2.45, 2.75) is 12.6 Å². The molecule has 0 fully saturated rings. The molecule has 0 unspecified atom stereocenters. The zero-order valence-electron chi connectivity index (χ0n) is 8.01. The molecule has 1 N–H and O–H groups in total. The highest BCUT2D eigenvalue weighted by atomic mass is 19.4. The zero-order valence-corrected chi connectivity index (χ0v) is 8.01. The second kappa shape index (κ2) is 3.37. The molecule has 0 aromatic heterocycles. The third-order valence-corrected chi connectivity index (χ3v) is 2.46. The number of carbonyl (C=O) groups excluding carboxylic acids is 1. The Morgan fingerprint density at radius 1 is 1.25 bits per heavy atom. The van der Waals surface area contributed by atoms with E-state index in [0.29, 0.717) is 11.1 Å². The highest BCUT2D eigenvalue weighted by Gasteiger charge is 2.43. The van der Waals surface area contributed by atoms with Crippen LogP contribution in [0.2, 0.25) is 0 Å². The lowest BCUT2D eigenvalue weighted by molar-refractivity contribution is -0.166. The molecule has 1 aromatic rings. The van der Waals surface area contributed by atoms with Crippen molar-refractivity contribution in [3.05, 3.63) is 41.0 Å². The average Bonchev–Trinajstić information content (AvgIpc) is 2.54. The van der Waals surface area contributed by atoms with Gasteiger partial charge in [0, 0.05) is 12.0 Å². The van der Waals surface area contributed by atoms with Crippen LogP contribution in [-0.2, 0) is 11.2 Å². The van der Waals surface area contributed by atoms with E-state index in [0.717, 1.165) is 0 Å². The quantitative estimate of drug-likeness (QED) is 0.802. The van der Waals surface area contributed by atoms with Crippen LogP contribution >= 0.6 is 0 Å². The average molecular weight is 228 g/mol. The van der Waals surface area contributed by atoms with Gasteiger partial charge in [-0.15, -0.1) is 0 Å². The van der Waals surface area contributed by atoms with E-state index in [1.807, 2.05) is 0 Å². The summed E-state index contributed by atoms with van der Waals surface area (Å²) in [5.74, 6) is -2.53. The van der Waals surface area contributed by atoms with Gasteiger partial charge >= 0.3 is 6.18 Å². The third kappa shape index (κ3) is 1.58. The number of halogens is 3. The van der Waals surface area contributed by atoms with E-state index in [1.54, 1.807) is 18.2 Å². The summed E-state index contributed by atoms with van der Waals surface area (Å²) in [4.78, 5) is 11.0. The van der Waals surface area contributed by atoms with Crippen LogP contribution in [0, 0.1) is 0 Å². The summed E-state index contributed by atoms with van der Waals surface area (Å²) in [5.41, 5.74) is 0.261. The van der Waals surface area contributed by atoms with Gasteiger partial charge in [0.15, 0.2) is 0 Å². The van der Waals surface area contributed by atoms with Crippen molar-refractivity contribution in [1.29, 1.82) is 0 Å². The number of aliphatic hydroxyl groups excluding tert-OH is 1. The van der Waals surface area contributed by atoms with Gasteiger partial charge in [0.1, 0.15) is 5.76 Å². The van der Waals surface area contributed by atoms with Gasteiger partial charge in [-0.2, -0.15) is 13.2 Å². The molecular weight excluding hydrogens is 221 g/mol. The number of aliphatic hydroxyl groups is 1. The monoisotopic (exact) mass is 228 g/mol. The van der Waals surface area contributed by atoms with Crippen molar-refractivity contribution in [3.8, 4) is 0 Å². The Bertz CT molecular complexity index is 486. The maximum absolute atomic E-state index is 12.2. The summed E-state index contributed by atoms with van der Waals surface area (Å²) < 4.78 is 36.6. The predicted octanol–water partition coefficient (Wildman–Crippen LogP) is 2.64. The Balaban J connectivity index is 2.43. The second-order valence-corrected chi connectivity index (χ2v) is 3.49. The zero-order chi connectivity index (χ0) is 11.9. The van der Waals surface area contributed by atoms with E-state index in [4.69, 9.17) is 0 Å². The normalized spacial score (nSPS) is 15.2. The fraction of sp³-hybridized carbons (Fsp3) is 0.182. The van der Waals surface area contributed by atoms with Crippen LogP contribution in [0.25, 0.3) is 5.76 Å². The molecule has 1 aromatic carbocycles. The third-order valence-electron chi connectivity index (χ3n) is 2.46. The fourth-order valence-corrected chi connectivity index (χ4v) is 1.70. The van der Waals surface area contributed by atoms with Gasteiger partial charge in [0.2, 0.25) is 0 Å². The van der Waals surface area contributed by atoms with Crippen molar-refractivity contribution >= 4 is 11.5 Å². The SMILES string of the molecule is O=C(C1=C(O)c2ccccc2C1)C(F)(F)F. The number of fused-ring (bicyclic) bond motifs is 1. The summed E-state index contributed by atoms with van der Waals surface area (Å²) >= 11 is 0. The smallest absolute Gasteiger partial charge is 0.454 e. The fourth-order valence-electron chi connectivity index (χ4n) is 1.70. The number of rotatable bonds is 1. The molecule has 2 rings (SSSR count). The maximum atomic E-state index is 12.2. The first kappa shape index (κ1) is 10.7. The van der Waals surface area contributed by atoms with Gasteiger partial charge in [0.25, 0.3) is 5.78 Å². The van der Waals surface area contributed by atoms with Crippen LogP contribution in [0.5, 0.6) is 0 Å². The van der Waals surface area contributed by atoms with E-state index < -0.39 is 23.3 Å². The van der Waals surface area contributed by atoms with Crippen molar-refractivity contribution in [1.82, 2.24) is 0 Å². The molecule has 2 nitrogen and oxygen atoms in total. The molecular formula is C11H7F3O2. The van der Waals surface area contributed by atoms with Crippen LogP contribution in [0.15, 0.2) is 29.8 Å². The number of benzene rings is 1. The first-order valence-electron chi connectivity index (χ1n) is 4.53. The molecule has 1 aliphatic rings. The van der Waals surface area contributed by atoms with E-state index >= 15 is 0 Å². The topological polar surface area (TPSA) is 37.3 Å². The highest BCUT2D eigenvalue weighted by Crippen LogP contribution is 2.34. The minimum absolute atomic E-state index is 0.166. The lowest BCUT2D eigenvalue weighted by Crippen LogP contribution is -2.25. The molecule has 84 valence electrons. The summed E-state index contributed by atoms with van der Waals surface area (Å²) in [7, 11) is 0. The largest absolute Gasteiger partial charge is 0.507 e. The first-order valence-corrected chi connectivity index (χ1v) is 4.53. The van der Waals surface area contributed by atoms with Crippen molar-refractivity contribution in [2.75, 3.05) is 0 Å². The summed E-state index contributed by atoms with van der Waals surface area (Å²) in [6.45, 7) is 0. The molecule has 0 atom stereocenters. The Morgan fingerprint density at radius 3 is 2.44 bits per heavy atom. The predicted molar refractivity (Wildman–Crippen MR) is 50.8 cm³/mol. The first-order chi connectivity index (χ1) is 7.41. The number of ketones is 1. The molecule has 0 aliphatic heterocycles. The van der Waals surface area contributed by atoms with E-state index in [-0.39, 0.29) is 6.42 Å². The van der Waals surface area contributed by atoms with E-state index in [1.165, 1.54) is 6.07 Å². The lowest BCUT2D eigenvalue weighted by atomic mass is 10.1. The van der Waals surface area contributed by atoms with Gasteiger partial charge in [-0.25, -0.2) is 0 Å². The van der Waals surface area contributed by atoms with Crippen molar-refractivity contribution in [3.63, 3.8) is 0 Å². The summed E-state index contributed by atoms with van der Waals surface area (Å²) in [6.07, 6.45) is -5.11. The Labute approximate surface area is 89.0 Å². The highest BCUT2D eigenvalue weighted by molar-refractivity contribution is 6.06. The van der Waals surface area contributed by atoms with Crippen LogP contribution in [0.4, 0.5) is 13.2 Å². The van der Waals surface area contributed by atoms with Crippen LogP contribution < -0.4 is 0 Å². The summed E-state index contributed by atoms with van der Waals surface area (Å²) in [5, 5.41) is 9.53. The Hall–Kier alpha value is -1.78. The minimum Gasteiger partial charge on any atom is -0.507 e. The molecule has 0 heterocycles. The van der Waals surface area contributed by atoms with Gasteiger partial charge in [-0.3, -0.25) is 4.79 Å². The number of hydrogen-bond donors (Lipinski definition) is 1. The number of carbonyl (C=O) groups is 1. The van der Waals surface area contributed by atoms with Crippen LogP contribution in [-0.4, -0.2) is 17.1 Å². The molecule has 0 spiro atoms. The Morgan fingerprint density at radius 2 is 1.88 bits per heavy atom. The number of hydrogen-bond acceptors (Lipinski definition) is 2. The van der Waals surface area contributed by atoms with Gasteiger partial charge in [-0.1, -0.05) is 24.3 Å². The molecule has 0 radical (unpaired) electrons. The number of allylic oxidation sites excluding steroid dienone is 1. The standard InChI is InChI=1S/C11H7F3O2/c12-11(13,14)10(16)8-5-6-3-1-2-4-7(6)9(8)15/h1-4,15H,5H2. The lowest BCUT2D eigenvalue weighted by Gasteiger charge is -2.05. The number of Topliss-reactive ketones (excluding diaryl/α,β-unsaturated/α-hetero) is 1. The van der Waals surface area contributed by atoms with Gasteiger partial charge in [-0.05, 0) is 5.56 Å². The second-order valence-electron chi connectivity index (χ2n) is 3.49. The molecule has 16 heavy (non-hydrogen) atoms. The van der Waals surface area contributed by atoms with Gasteiger partial charge < -0.3 is 5.11 Å². The molecule has 0 saturated carbocycles. The molecule has 1 aliphatic carbocycles. The molecule has 0 bridgehead atoms. The van der Waals surface area contributed by atoms with Crippen molar-refractivity contribution in [2.24, 2.45) is 0 Å². The molecule has 5 heteroatoms. The van der Waals surface area contributed by atoms with E-state index in [2.05, 4.69) is 0 Å². The van der Waals surface area contributed by atoms with Crippen LogP contribution in [0.1, 0.15) is 11.1 Å². The summed E-state index contributed by atoms with van der Waals surface area (Å²) in [6, 6.07) is 6.31. The van der Waals surface area contributed by atoms with Gasteiger partial charge in [0.05, 0.1) is 5.57 Å². The van der Waals surface area contributed by atoms with Crippen molar-refractivity contribution < 1.29 is 23.1 Å². The van der Waals surface area contributed by atoms with Crippen LogP contribution in [0.3, 0.4) is 0 Å². The van der Waals surface area contributed by atoms with E-state index in [9.17, 15) is 23.1 Å². The molecule has 0 saturated heterocycles. The molecule has 0 amide bonds. The number of alkyl halides is 3.